The van der Waals surface area contributed by atoms with Gasteiger partial charge >= 0.3 is 0 Å². The Morgan fingerprint density at radius 3 is 2.60 bits per heavy atom. The molecular weight excluding hydrogens is 152 g/mol. The van der Waals surface area contributed by atoms with Crippen molar-refractivity contribution in [1.29, 1.82) is 0 Å². The third kappa shape index (κ3) is 3.85. The molecular formula is C7H13ClO2. The van der Waals surface area contributed by atoms with Gasteiger partial charge in [-0.25, -0.2) is 0 Å². The lowest BCUT2D eigenvalue weighted by molar-refractivity contribution is -0.112. The quantitative estimate of drug-likeness (QED) is 0.490. The van der Waals surface area contributed by atoms with E-state index in [9.17, 15) is 4.79 Å². The first-order valence-corrected chi connectivity index (χ1v) is 3.97. The Morgan fingerprint density at radius 1 is 1.70 bits per heavy atom. The van der Waals surface area contributed by atoms with Gasteiger partial charge in [0.2, 0.25) is 0 Å². The van der Waals surface area contributed by atoms with E-state index in [4.69, 9.17) is 16.7 Å². The number of carbonyl (C=O) groups excluding carboxylic acids is 1. The second-order valence-electron chi connectivity index (χ2n) is 2.35. The van der Waals surface area contributed by atoms with Crippen molar-refractivity contribution in [3.8, 4) is 0 Å². The molecule has 0 radical (unpaired) electrons. The molecule has 0 rings (SSSR count). The Morgan fingerprint density at radius 2 is 2.30 bits per heavy atom. The van der Waals surface area contributed by atoms with Gasteiger partial charge in [0.05, 0.1) is 6.10 Å². The predicted octanol–water partition coefficient (Wildman–Crippen LogP) is 1.20. The van der Waals surface area contributed by atoms with E-state index in [2.05, 4.69) is 0 Å². The van der Waals surface area contributed by atoms with Crippen molar-refractivity contribution in [2.24, 2.45) is 5.92 Å². The summed E-state index contributed by atoms with van der Waals surface area (Å²) >= 11 is 5.34. The van der Waals surface area contributed by atoms with Crippen LogP contribution in [0, 0.1) is 5.92 Å². The maximum atomic E-state index is 10.2. The summed E-state index contributed by atoms with van der Waals surface area (Å²) in [5.74, 6) is 0.179. The molecule has 0 fully saturated rings. The zero-order valence-electron chi connectivity index (χ0n) is 6.09. The van der Waals surface area contributed by atoms with Crippen LogP contribution in [-0.4, -0.2) is 23.4 Å². The number of aliphatic hydroxyl groups is 1. The minimum absolute atomic E-state index is 0.0336. The second kappa shape index (κ2) is 5.69. The van der Waals surface area contributed by atoms with Gasteiger partial charge in [-0.2, -0.15) is 0 Å². The van der Waals surface area contributed by atoms with Crippen molar-refractivity contribution < 1.29 is 9.90 Å². The monoisotopic (exact) mass is 164 g/mol. The number of rotatable bonds is 5. The zero-order chi connectivity index (χ0) is 7.98. The highest BCUT2D eigenvalue weighted by molar-refractivity contribution is 6.18. The zero-order valence-corrected chi connectivity index (χ0v) is 6.84. The molecule has 2 unspecified atom stereocenters. The highest BCUT2D eigenvalue weighted by atomic mass is 35.5. The van der Waals surface area contributed by atoms with Crippen LogP contribution < -0.4 is 0 Å². The molecule has 0 saturated heterocycles. The standard InChI is InChI=1S/C7H13ClO2/c1-2-6(5-9)3-7(10)4-8/h5-7,10H,2-4H2,1H3. The Kier molecular flexibility index (Phi) is 5.64. The molecule has 0 aliphatic rings. The summed E-state index contributed by atoms with van der Waals surface area (Å²) in [6.45, 7) is 1.92. The lowest BCUT2D eigenvalue weighted by Crippen LogP contribution is -2.15. The first kappa shape index (κ1) is 9.92. The van der Waals surface area contributed by atoms with E-state index >= 15 is 0 Å². The third-order valence-corrected chi connectivity index (χ3v) is 1.83. The maximum absolute atomic E-state index is 10.2. The van der Waals surface area contributed by atoms with E-state index in [0.29, 0.717) is 6.42 Å². The number of hydrogen-bond donors (Lipinski definition) is 1. The largest absolute Gasteiger partial charge is 0.392 e. The van der Waals surface area contributed by atoms with E-state index in [1.165, 1.54) is 0 Å². The van der Waals surface area contributed by atoms with Crippen molar-refractivity contribution in [3.63, 3.8) is 0 Å². The molecule has 0 aromatic heterocycles. The molecule has 2 atom stereocenters. The molecule has 0 aromatic carbocycles. The Bertz CT molecular complexity index is 95.6. The van der Waals surface area contributed by atoms with Gasteiger partial charge in [-0.3, -0.25) is 0 Å². The minimum atomic E-state index is -0.531. The van der Waals surface area contributed by atoms with E-state index in [-0.39, 0.29) is 11.8 Å². The number of hydrogen-bond acceptors (Lipinski definition) is 2. The fourth-order valence-electron chi connectivity index (χ4n) is 0.731. The van der Waals surface area contributed by atoms with Crippen LogP contribution in [0.5, 0.6) is 0 Å². The molecule has 0 bridgehead atoms. The van der Waals surface area contributed by atoms with E-state index < -0.39 is 6.10 Å². The van der Waals surface area contributed by atoms with Crippen LogP contribution in [0.2, 0.25) is 0 Å². The van der Waals surface area contributed by atoms with Crippen molar-refractivity contribution >= 4 is 17.9 Å². The van der Waals surface area contributed by atoms with Crippen molar-refractivity contribution in [3.05, 3.63) is 0 Å². The van der Waals surface area contributed by atoms with E-state index in [1.807, 2.05) is 6.92 Å². The van der Waals surface area contributed by atoms with Gasteiger partial charge < -0.3 is 9.90 Å². The maximum Gasteiger partial charge on any atom is 0.123 e. The number of alkyl halides is 1. The van der Waals surface area contributed by atoms with Gasteiger partial charge in [-0.1, -0.05) is 6.92 Å². The summed E-state index contributed by atoms with van der Waals surface area (Å²) in [4.78, 5) is 10.2. The Balaban J connectivity index is 3.51. The predicted molar refractivity (Wildman–Crippen MR) is 41.2 cm³/mol. The van der Waals surface area contributed by atoms with Crippen LogP contribution >= 0.6 is 11.6 Å². The fourth-order valence-corrected chi connectivity index (χ4v) is 0.857. The van der Waals surface area contributed by atoms with Gasteiger partial charge in [0.1, 0.15) is 6.29 Å². The first-order chi connectivity index (χ1) is 4.74. The fraction of sp³-hybridized carbons (Fsp3) is 0.857. The molecule has 0 aliphatic carbocycles. The normalized spacial score (nSPS) is 16.3. The highest BCUT2D eigenvalue weighted by Crippen LogP contribution is 2.08. The van der Waals surface area contributed by atoms with Crippen LogP contribution in [0.1, 0.15) is 19.8 Å². The first-order valence-electron chi connectivity index (χ1n) is 3.43. The van der Waals surface area contributed by atoms with Crippen LogP contribution in [0.3, 0.4) is 0 Å². The van der Waals surface area contributed by atoms with Crippen LogP contribution in [-0.2, 0) is 4.79 Å². The van der Waals surface area contributed by atoms with Crippen molar-refractivity contribution in [1.82, 2.24) is 0 Å². The topological polar surface area (TPSA) is 37.3 Å². The lowest BCUT2D eigenvalue weighted by Gasteiger charge is -2.10. The minimum Gasteiger partial charge on any atom is -0.392 e. The van der Waals surface area contributed by atoms with Gasteiger partial charge in [0, 0.05) is 11.8 Å². The Labute approximate surface area is 66.2 Å². The molecule has 0 heterocycles. The van der Waals surface area contributed by atoms with Gasteiger partial charge in [0.25, 0.3) is 0 Å². The smallest absolute Gasteiger partial charge is 0.123 e. The number of aliphatic hydroxyl groups excluding tert-OH is 1. The molecule has 0 saturated carbocycles. The molecule has 0 aliphatic heterocycles. The van der Waals surface area contributed by atoms with Crippen molar-refractivity contribution in [2.75, 3.05) is 5.88 Å². The van der Waals surface area contributed by atoms with Gasteiger partial charge in [-0.05, 0) is 12.8 Å². The van der Waals surface area contributed by atoms with Crippen LogP contribution in [0.4, 0.5) is 0 Å². The molecule has 2 nitrogen and oxygen atoms in total. The summed E-state index contributed by atoms with van der Waals surface area (Å²) in [6, 6.07) is 0. The highest BCUT2D eigenvalue weighted by Gasteiger charge is 2.10. The molecule has 3 heteroatoms. The number of aldehydes is 1. The summed E-state index contributed by atoms with van der Waals surface area (Å²) in [6.07, 6.45) is 1.60. The molecule has 0 spiro atoms. The van der Waals surface area contributed by atoms with Gasteiger partial charge in [-0.15, -0.1) is 11.6 Å². The number of halogens is 1. The molecule has 1 N–H and O–H groups in total. The van der Waals surface area contributed by atoms with Crippen LogP contribution in [0.25, 0.3) is 0 Å². The van der Waals surface area contributed by atoms with Crippen molar-refractivity contribution in [2.45, 2.75) is 25.9 Å². The van der Waals surface area contributed by atoms with Gasteiger partial charge in [0.15, 0.2) is 0 Å². The summed E-state index contributed by atoms with van der Waals surface area (Å²) in [7, 11) is 0. The second-order valence-corrected chi connectivity index (χ2v) is 2.66. The summed E-state index contributed by atoms with van der Waals surface area (Å²) in [5, 5.41) is 9.00. The molecule has 10 heavy (non-hydrogen) atoms. The third-order valence-electron chi connectivity index (χ3n) is 1.47. The van der Waals surface area contributed by atoms with E-state index in [0.717, 1.165) is 12.7 Å². The SMILES string of the molecule is CCC(C=O)CC(O)CCl. The Hall–Kier alpha value is -0.0800. The summed E-state index contributed by atoms with van der Waals surface area (Å²) in [5.41, 5.74) is 0. The molecule has 0 aromatic rings. The number of carbonyl (C=O) groups is 1. The lowest BCUT2D eigenvalue weighted by atomic mass is 10.0. The average molecular weight is 165 g/mol. The van der Waals surface area contributed by atoms with Crippen LogP contribution in [0.15, 0.2) is 0 Å². The average Bonchev–Trinajstić information content (AvgIpc) is 1.99. The summed E-state index contributed by atoms with van der Waals surface area (Å²) < 4.78 is 0. The molecule has 60 valence electrons. The van der Waals surface area contributed by atoms with E-state index in [1.54, 1.807) is 0 Å². The molecule has 0 amide bonds.